The summed E-state index contributed by atoms with van der Waals surface area (Å²) in [6, 6.07) is 9.28. The van der Waals surface area contributed by atoms with E-state index in [4.69, 9.17) is 11.6 Å². The molecule has 2 aliphatic heterocycles. The fourth-order valence-corrected chi connectivity index (χ4v) is 6.19. The highest BCUT2D eigenvalue weighted by Crippen LogP contribution is 2.42. The number of alkyl halides is 3. The van der Waals surface area contributed by atoms with Gasteiger partial charge in [0.2, 0.25) is 0 Å². The molecular weight excluding hydrogens is 513 g/mol. The van der Waals surface area contributed by atoms with E-state index in [2.05, 4.69) is 35.1 Å². The minimum Gasteiger partial charge on any atom is -0.368 e. The van der Waals surface area contributed by atoms with Gasteiger partial charge in [-0.1, -0.05) is 25.4 Å². The van der Waals surface area contributed by atoms with Crippen molar-refractivity contribution in [3.63, 3.8) is 0 Å². The summed E-state index contributed by atoms with van der Waals surface area (Å²) in [5, 5.41) is 5.98. The first-order chi connectivity index (χ1) is 16.7. The Hall–Kier alpha value is -1.55. The third-order valence-electron chi connectivity index (χ3n) is 5.93. The molecule has 1 N–H and O–H groups in total. The van der Waals surface area contributed by atoms with Crippen molar-refractivity contribution in [2.45, 2.75) is 44.0 Å². The van der Waals surface area contributed by atoms with Crippen LogP contribution < -0.4 is 9.62 Å². The molecule has 10 heteroatoms. The number of anilines is 1. The minimum absolute atomic E-state index is 0.0346. The highest BCUT2D eigenvalue weighted by molar-refractivity contribution is 8.02. The van der Waals surface area contributed by atoms with E-state index >= 15 is 0 Å². The summed E-state index contributed by atoms with van der Waals surface area (Å²) in [6.07, 6.45) is 4.96. The first-order valence-corrected chi connectivity index (χ1v) is 13.9. The second-order valence-corrected chi connectivity index (χ2v) is 11.7. The molecule has 1 aromatic heterocycles. The maximum absolute atomic E-state index is 13.3. The molecule has 4 nitrogen and oxygen atoms in total. The average molecular weight is 543 g/mol. The van der Waals surface area contributed by atoms with Crippen molar-refractivity contribution in [2.24, 2.45) is 5.92 Å². The summed E-state index contributed by atoms with van der Waals surface area (Å²) >= 11 is 8.14. The number of likely N-dealkylation sites (tertiary alicyclic amines) is 1. The maximum Gasteiger partial charge on any atom is 0.461 e. The van der Waals surface area contributed by atoms with Crippen LogP contribution in [-0.2, 0) is 6.42 Å². The van der Waals surface area contributed by atoms with Crippen LogP contribution >= 0.6 is 35.3 Å². The van der Waals surface area contributed by atoms with Crippen molar-refractivity contribution in [1.29, 1.82) is 0 Å². The zero-order valence-corrected chi connectivity index (χ0v) is 22.2. The van der Waals surface area contributed by atoms with Crippen LogP contribution in [0, 0.1) is 5.92 Å². The molecule has 0 spiro atoms. The fraction of sp³-hybridized carbons (Fsp3) is 0.480. The Labute approximate surface area is 218 Å². The summed E-state index contributed by atoms with van der Waals surface area (Å²) in [7, 11) is 0. The summed E-state index contributed by atoms with van der Waals surface area (Å²) in [5.74, 6) is 0.526. The minimum atomic E-state index is -4.37. The topological polar surface area (TPSA) is 31.4 Å². The number of hydrogen-bond acceptors (Lipinski definition) is 6. The Morgan fingerprint density at radius 2 is 2.00 bits per heavy atom. The summed E-state index contributed by atoms with van der Waals surface area (Å²) in [6.45, 7) is 7.10. The van der Waals surface area contributed by atoms with Gasteiger partial charge in [-0.2, -0.15) is 13.2 Å². The van der Waals surface area contributed by atoms with Crippen LogP contribution in [0.5, 0.6) is 0 Å². The van der Waals surface area contributed by atoms with E-state index in [-0.39, 0.29) is 23.9 Å². The van der Waals surface area contributed by atoms with Crippen molar-refractivity contribution in [3.05, 3.63) is 63.8 Å². The predicted molar refractivity (Wildman–Crippen MR) is 142 cm³/mol. The van der Waals surface area contributed by atoms with E-state index in [1.807, 2.05) is 17.7 Å². The number of nitrogens with zero attached hydrogens (tertiary/aromatic N) is 3. The molecule has 2 aliphatic rings. The molecule has 1 unspecified atom stereocenters. The molecule has 4 rings (SSSR count). The molecule has 0 radical (unpaired) electrons. The molecule has 1 aromatic carbocycles. The van der Waals surface area contributed by atoms with Crippen molar-refractivity contribution in [1.82, 2.24) is 15.2 Å². The van der Waals surface area contributed by atoms with Gasteiger partial charge >= 0.3 is 5.51 Å². The fourth-order valence-electron chi connectivity index (χ4n) is 4.31. The Balaban J connectivity index is 1.45. The van der Waals surface area contributed by atoms with Gasteiger partial charge in [0.25, 0.3) is 0 Å². The number of rotatable bonds is 9. The molecule has 35 heavy (non-hydrogen) atoms. The van der Waals surface area contributed by atoms with E-state index in [0.717, 1.165) is 54.9 Å². The molecule has 3 heterocycles. The van der Waals surface area contributed by atoms with E-state index in [1.165, 1.54) is 4.31 Å². The molecule has 0 saturated carbocycles. The standard InChI is InChI=1S/C25H30ClF3N4S2/c1-17(2)13-19-14-18(7-8-30-19)24-31-23(16-34-24)21-6-5-20(15-22(21)26)33(35-25(27,28)29)12-11-32-9-3-4-10-32/h5-8,14-17,24,31H,3-4,9-13H2,1-2H3. The summed E-state index contributed by atoms with van der Waals surface area (Å²) in [4.78, 5) is 6.67. The van der Waals surface area contributed by atoms with Crippen molar-refractivity contribution < 1.29 is 13.2 Å². The molecule has 0 bridgehead atoms. The van der Waals surface area contributed by atoms with Gasteiger partial charge in [0.15, 0.2) is 0 Å². The Kier molecular flexibility index (Phi) is 8.84. The number of aromatic nitrogens is 1. The van der Waals surface area contributed by atoms with Crippen LogP contribution in [0.3, 0.4) is 0 Å². The Morgan fingerprint density at radius 1 is 1.23 bits per heavy atom. The van der Waals surface area contributed by atoms with Crippen LogP contribution in [0.2, 0.25) is 5.02 Å². The first kappa shape index (κ1) is 26.5. The van der Waals surface area contributed by atoms with Gasteiger partial charge in [0.1, 0.15) is 5.37 Å². The highest BCUT2D eigenvalue weighted by Gasteiger charge is 2.33. The van der Waals surface area contributed by atoms with Gasteiger partial charge in [-0.25, -0.2) is 0 Å². The van der Waals surface area contributed by atoms with Gasteiger partial charge in [-0.3, -0.25) is 4.98 Å². The van der Waals surface area contributed by atoms with Gasteiger partial charge in [-0.15, -0.1) is 11.8 Å². The van der Waals surface area contributed by atoms with Crippen LogP contribution in [0.25, 0.3) is 5.70 Å². The summed E-state index contributed by atoms with van der Waals surface area (Å²) in [5.41, 5.74) is -0.0740. The number of thioether (sulfide) groups is 1. The van der Waals surface area contributed by atoms with E-state index in [1.54, 1.807) is 30.0 Å². The Bertz CT molecular complexity index is 1040. The lowest BCUT2D eigenvalue weighted by atomic mass is 10.1. The lowest BCUT2D eigenvalue weighted by Gasteiger charge is -2.27. The first-order valence-electron chi connectivity index (χ1n) is 11.8. The molecule has 1 atom stereocenters. The van der Waals surface area contributed by atoms with E-state index in [9.17, 15) is 13.2 Å². The third-order valence-corrected chi connectivity index (χ3v) is 8.10. The maximum atomic E-state index is 13.3. The highest BCUT2D eigenvalue weighted by atomic mass is 35.5. The normalized spacial score (nSPS) is 18.7. The van der Waals surface area contributed by atoms with Crippen molar-refractivity contribution in [3.8, 4) is 0 Å². The van der Waals surface area contributed by atoms with E-state index < -0.39 is 5.51 Å². The van der Waals surface area contributed by atoms with Gasteiger partial charge in [-0.05, 0) is 79.6 Å². The number of benzene rings is 1. The van der Waals surface area contributed by atoms with Crippen LogP contribution in [-0.4, -0.2) is 41.6 Å². The Morgan fingerprint density at radius 3 is 2.69 bits per heavy atom. The van der Waals surface area contributed by atoms with Gasteiger partial charge in [0.05, 0.1) is 22.7 Å². The second-order valence-electron chi connectivity index (χ2n) is 9.22. The quantitative estimate of drug-likeness (QED) is 0.334. The zero-order valence-electron chi connectivity index (χ0n) is 19.8. The largest absolute Gasteiger partial charge is 0.461 e. The second kappa shape index (κ2) is 11.7. The van der Waals surface area contributed by atoms with Crippen molar-refractivity contribution in [2.75, 3.05) is 30.5 Å². The smallest absolute Gasteiger partial charge is 0.368 e. The van der Waals surface area contributed by atoms with Crippen LogP contribution in [0.1, 0.15) is 48.9 Å². The number of pyridine rings is 1. The third kappa shape index (κ3) is 7.47. The number of halogens is 4. The van der Waals surface area contributed by atoms with E-state index in [0.29, 0.717) is 23.2 Å². The van der Waals surface area contributed by atoms with Crippen LogP contribution in [0.15, 0.2) is 41.9 Å². The SMILES string of the molecule is CC(C)Cc1cc(C2NC(c3ccc(N(CCN4CCCC4)SC(F)(F)F)cc3Cl)=CS2)ccn1. The van der Waals surface area contributed by atoms with Gasteiger partial charge in [0, 0.05) is 36.2 Å². The monoisotopic (exact) mass is 542 g/mol. The molecular formula is C25H30ClF3N4S2. The van der Waals surface area contributed by atoms with Gasteiger partial charge < -0.3 is 14.5 Å². The molecule has 1 fully saturated rings. The lowest BCUT2D eigenvalue weighted by molar-refractivity contribution is -0.0329. The molecule has 0 aliphatic carbocycles. The molecule has 1 saturated heterocycles. The average Bonchev–Trinajstić information content (AvgIpc) is 3.48. The molecule has 0 amide bonds. The van der Waals surface area contributed by atoms with Crippen LogP contribution in [0.4, 0.5) is 18.9 Å². The summed E-state index contributed by atoms with van der Waals surface area (Å²) < 4.78 is 41.1. The number of hydrogen-bond donors (Lipinski definition) is 1. The zero-order chi connectivity index (χ0) is 25.0. The van der Waals surface area contributed by atoms with Crippen molar-refractivity contribution >= 4 is 46.7 Å². The predicted octanol–water partition coefficient (Wildman–Crippen LogP) is 7.34. The molecule has 190 valence electrons. The molecule has 2 aromatic rings. The number of nitrogens with one attached hydrogen (secondary N) is 1. The lowest BCUT2D eigenvalue weighted by Crippen LogP contribution is -2.32.